The van der Waals surface area contributed by atoms with Crippen LogP contribution in [0.3, 0.4) is 0 Å². The van der Waals surface area contributed by atoms with Gasteiger partial charge in [-0.3, -0.25) is 19.0 Å². The average molecular weight is 699 g/mol. The fourth-order valence-electron chi connectivity index (χ4n) is 3.74. The van der Waals surface area contributed by atoms with E-state index in [0.29, 0.717) is 42.5 Å². The lowest BCUT2D eigenvalue weighted by Gasteiger charge is -2.37. The third-order valence-electron chi connectivity index (χ3n) is 5.56. The molecular weight excluding hydrogens is 651 g/mol. The fraction of sp³-hybridized carbons (Fsp3) is 0.484. The Morgan fingerprint density at radius 1 is 1.00 bits per heavy atom. The van der Waals surface area contributed by atoms with Crippen LogP contribution in [0.1, 0.15) is 83.8 Å². The molecule has 1 fully saturated rings. The molecule has 1 aromatic carbocycles. The molecule has 10 heteroatoms. The number of aromatic nitrogens is 2. The van der Waals surface area contributed by atoms with Crippen LogP contribution in [0.4, 0.5) is 0 Å². The Morgan fingerprint density at radius 2 is 1.59 bits per heavy atom. The smallest absolute Gasteiger partial charge is 0.265 e. The summed E-state index contributed by atoms with van der Waals surface area (Å²) in [5, 5.41) is 3.38. The van der Waals surface area contributed by atoms with Crippen molar-refractivity contribution in [2.75, 3.05) is 13.1 Å². The van der Waals surface area contributed by atoms with E-state index in [1.54, 1.807) is 17.0 Å². The van der Waals surface area contributed by atoms with Gasteiger partial charge in [0.15, 0.2) is 0 Å². The van der Waals surface area contributed by atoms with Crippen LogP contribution in [0, 0.1) is 12.8 Å². The van der Waals surface area contributed by atoms with Crippen molar-refractivity contribution in [2.45, 2.75) is 82.3 Å². The number of hydrogen-bond donors (Lipinski definition) is 1. The number of amides is 2. The van der Waals surface area contributed by atoms with Crippen LogP contribution in [0.25, 0.3) is 11.0 Å². The van der Waals surface area contributed by atoms with E-state index in [1.165, 1.54) is 10.6 Å². The summed E-state index contributed by atoms with van der Waals surface area (Å²) in [4.78, 5) is 45.1. The number of nitrogens with zero attached hydrogens (tertiary/aromatic N) is 3. The van der Waals surface area contributed by atoms with Crippen LogP contribution >= 0.6 is 30.4 Å². The van der Waals surface area contributed by atoms with E-state index in [1.807, 2.05) is 108 Å². The van der Waals surface area contributed by atoms with Crippen molar-refractivity contribution >= 4 is 53.3 Å². The third kappa shape index (κ3) is 11.3. The molecule has 0 unspecified atom stereocenters. The zero-order valence-corrected chi connectivity index (χ0v) is 29.2. The molecule has 2 amide bonds. The van der Waals surface area contributed by atoms with Gasteiger partial charge in [0.05, 0.1) is 0 Å². The highest BCUT2D eigenvalue weighted by atomic mass is 127. The molecule has 2 aromatic heterocycles. The molecule has 1 aliphatic rings. The number of aryl methyl sites for hydroxylation is 1. The molecule has 4 rings (SSSR count). The van der Waals surface area contributed by atoms with Gasteiger partial charge in [-0.1, -0.05) is 92.1 Å². The summed E-state index contributed by atoms with van der Waals surface area (Å²) in [6, 6.07) is 12.7. The van der Waals surface area contributed by atoms with Gasteiger partial charge in [0.2, 0.25) is 11.8 Å². The molecule has 0 atom stereocenters. The predicted molar refractivity (Wildman–Crippen MR) is 182 cm³/mol. The zero-order chi connectivity index (χ0) is 31.5. The number of likely N-dealkylation sites (tertiary alicyclic amines) is 1. The number of nitrogens with one attached hydrogen (secondary N) is 1. The lowest BCUT2D eigenvalue weighted by atomic mass is 10.0. The summed E-state index contributed by atoms with van der Waals surface area (Å²) in [5.74, 6) is 0.0891. The van der Waals surface area contributed by atoms with E-state index in [2.05, 4.69) is 17.2 Å². The molecule has 41 heavy (non-hydrogen) atoms. The first-order valence-corrected chi connectivity index (χ1v) is 17.8. The van der Waals surface area contributed by atoms with Gasteiger partial charge in [0.1, 0.15) is 27.0 Å². The minimum atomic E-state index is -0.558. The quantitative estimate of drug-likeness (QED) is 0.202. The van der Waals surface area contributed by atoms with Crippen molar-refractivity contribution in [3.8, 4) is 5.88 Å². The number of pyridine rings is 2. The van der Waals surface area contributed by atoms with E-state index in [0.717, 1.165) is 20.3 Å². The number of carbonyl (C=O) groups is 2. The van der Waals surface area contributed by atoms with Gasteiger partial charge in [-0.25, -0.2) is 0 Å². The Bertz CT molecular complexity index is 1260. The first-order chi connectivity index (χ1) is 19.9. The Morgan fingerprint density at radius 3 is 2.12 bits per heavy atom. The number of hydrogen-bond acceptors (Lipinski definition) is 6. The number of fused-ring (bicyclic) bond motifs is 1. The summed E-state index contributed by atoms with van der Waals surface area (Å²) in [5.41, 5.74) is 1.77. The molecule has 0 spiro atoms. The predicted octanol–water partition coefficient (Wildman–Crippen LogP) is 7.60. The first-order valence-electron chi connectivity index (χ1n) is 14.5. The van der Waals surface area contributed by atoms with Crippen molar-refractivity contribution in [2.24, 2.45) is 5.92 Å². The average Bonchev–Trinajstić information content (AvgIpc) is 3.00. The molecule has 1 saturated heterocycles. The van der Waals surface area contributed by atoms with Gasteiger partial charge in [0.25, 0.3) is 11.5 Å². The zero-order valence-electron chi connectivity index (χ0n) is 26.2. The van der Waals surface area contributed by atoms with Gasteiger partial charge in [-0.15, -0.1) is 0 Å². The largest absolute Gasteiger partial charge is 0.395 e. The fourth-order valence-corrected chi connectivity index (χ4v) is 4.45. The molecule has 0 aliphatic carbocycles. The van der Waals surface area contributed by atoms with Crippen molar-refractivity contribution in [1.29, 1.82) is 0 Å². The summed E-state index contributed by atoms with van der Waals surface area (Å²) in [6.07, 6.45) is 0. The molecule has 1 N–H and O–H groups in total. The molecule has 3 heterocycles. The van der Waals surface area contributed by atoms with E-state index in [9.17, 15) is 14.4 Å². The topological polar surface area (TPSA) is 93.5 Å². The van der Waals surface area contributed by atoms with Crippen LogP contribution in [0.2, 0.25) is 0 Å². The van der Waals surface area contributed by atoms with Crippen LogP contribution in [-0.2, 0) is 17.9 Å². The van der Waals surface area contributed by atoms with Crippen molar-refractivity contribution in [3.05, 3.63) is 69.5 Å². The van der Waals surface area contributed by atoms with Crippen molar-refractivity contribution in [3.63, 3.8) is 0 Å². The van der Waals surface area contributed by atoms with Gasteiger partial charge < -0.3 is 14.4 Å². The summed E-state index contributed by atoms with van der Waals surface area (Å²) in [7, 11) is 1.10. The second-order valence-electron chi connectivity index (χ2n) is 8.23. The Kier molecular flexibility index (Phi) is 19.8. The molecule has 3 aromatic rings. The van der Waals surface area contributed by atoms with E-state index >= 15 is 0 Å². The molecule has 0 saturated carbocycles. The third-order valence-corrected chi connectivity index (χ3v) is 6.33. The molecule has 1 aliphatic heterocycles. The van der Waals surface area contributed by atoms with E-state index in [-0.39, 0.29) is 18.0 Å². The Balaban J connectivity index is 0.00000184. The van der Waals surface area contributed by atoms with Gasteiger partial charge in [-0.05, 0) is 30.5 Å². The number of halogens is 1. The van der Waals surface area contributed by atoms with Crippen molar-refractivity contribution in [1.82, 2.24) is 19.8 Å². The lowest BCUT2D eigenvalue weighted by Crippen LogP contribution is -2.50. The normalized spacial score (nSPS) is 11.5. The minimum absolute atomic E-state index is 0.0295. The Labute approximate surface area is 262 Å². The second kappa shape index (κ2) is 21.2. The lowest BCUT2D eigenvalue weighted by molar-refractivity contribution is -0.137. The number of benzene rings is 1. The summed E-state index contributed by atoms with van der Waals surface area (Å²) < 4.78 is 6.65. The maximum Gasteiger partial charge on any atom is 0.265 e. The maximum absolute atomic E-state index is 13.3. The summed E-state index contributed by atoms with van der Waals surface area (Å²) >= 11 is 1.97. The number of rotatable bonds is 7. The highest BCUT2D eigenvalue weighted by Gasteiger charge is 2.28. The minimum Gasteiger partial charge on any atom is -0.395 e. The highest BCUT2D eigenvalue weighted by Crippen LogP contribution is 2.23. The standard InChI is InChI=1S/C23H23IN4O4S.4C2H6/c1-14-3-5-16(6-4-14)10-25-22(30)18-9-17-7-8-19(32-33-24)26-21(17)28(23(18)31)13-20(29)27-11-15(2)12-27;4*1-2/h3-9,15H,10-13H2,1-2H3,(H,25,30);4*1-2H3. The van der Waals surface area contributed by atoms with Crippen LogP contribution in [-0.4, -0.2) is 39.4 Å². The monoisotopic (exact) mass is 698 g/mol. The van der Waals surface area contributed by atoms with Gasteiger partial charge in [-0.2, -0.15) is 4.98 Å². The molecule has 8 nitrogen and oxygen atoms in total. The highest BCUT2D eigenvalue weighted by molar-refractivity contribution is 14.2. The molecule has 228 valence electrons. The van der Waals surface area contributed by atoms with Gasteiger partial charge >= 0.3 is 0 Å². The molecular formula is C31H47IN4O4S. The SMILES string of the molecule is CC.CC.CC.CC.Cc1ccc(CNC(=O)c2cc3ccc(OSI)nc3n(CC(=O)N3CC(C)C3)c2=O)cc1. The van der Waals surface area contributed by atoms with Gasteiger partial charge in [0, 0.05) is 52.3 Å². The van der Waals surface area contributed by atoms with Crippen LogP contribution in [0.5, 0.6) is 5.88 Å². The Hall–Kier alpha value is -2.60. The molecule has 0 bridgehead atoms. The summed E-state index contributed by atoms with van der Waals surface area (Å²) in [6.45, 7) is 21.5. The van der Waals surface area contributed by atoms with E-state index < -0.39 is 11.5 Å². The van der Waals surface area contributed by atoms with E-state index in [4.69, 9.17) is 4.18 Å². The van der Waals surface area contributed by atoms with Crippen LogP contribution in [0.15, 0.2) is 47.3 Å². The second-order valence-corrected chi connectivity index (χ2v) is 9.60. The van der Waals surface area contributed by atoms with Crippen LogP contribution < -0.4 is 15.1 Å². The number of carbonyl (C=O) groups excluding carboxylic acids is 2. The maximum atomic E-state index is 13.3. The van der Waals surface area contributed by atoms with Crippen molar-refractivity contribution < 1.29 is 13.8 Å². The molecule has 0 radical (unpaired) electrons. The first kappa shape index (κ1) is 38.4.